The van der Waals surface area contributed by atoms with E-state index in [-0.39, 0.29) is 11.9 Å². The van der Waals surface area contributed by atoms with E-state index in [0.29, 0.717) is 12.8 Å². The first-order chi connectivity index (χ1) is 9.09. The number of ketones is 1. The van der Waals surface area contributed by atoms with Crippen molar-refractivity contribution in [3.8, 4) is 0 Å². The molecule has 1 aromatic rings. The predicted octanol–water partition coefficient (Wildman–Crippen LogP) is 4.23. The van der Waals surface area contributed by atoms with E-state index in [4.69, 9.17) is 0 Å². The summed E-state index contributed by atoms with van der Waals surface area (Å²) in [5.74, 6) is 0.860. The highest BCUT2D eigenvalue weighted by molar-refractivity contribution is 5.95. The Bertz CT molecular complexity index is 357. The summed E-state index contributed by atoms with van der Waals surface area (Å²) in [6.45, 7) is 4.43. The van der Waals surface area contributed by atoms with Crippen molar-refractivity contribution in [1.82, 2.24) is 0 Å². The summed E-state index contributed by atoms with van der Waals surface area (Å²) < 4.78 is 0. The van der Waals surface area contributed by atoms with E-state index in [1.807, 2.05) is 30.3 Å². The Morgan fingerprint density at radius 1 is 1.05 bits per heavy atom. The summed E-state index contributed by atoms with van der Waals surface area (Å²) in [5.41, 5.74) is 0.745. The van der Waals surface area contributed by atoms with E-state index >= 15 is 0 Å². The standard InChI is InChI=1S/C17H26O2/c1-14(2)8-6-7-11-16(18)12-13-17(19)15-9-4-3-5-10-15/h3-5,9-10,14,16,18H,6-8,11-13H2,1-2H3. The van der Waals surface area contributed by atoms with Gasteiger partial charge in [0, 0.05) is 12.0 Å². The summed E-state index contributed by atoms with van der Waals surface area (Å²) in [4.78, 5) is 11.9. The number of carbonyl (C=O) groups excluding carboxylic acids is 1. The number of aliphatic hydroxyl groups excluding tert-OH is 1. The van der Waals surface area contributed by atoms with Crippen LogP contribution in [0.1, 0.15) is 62.7 Å². The Morgan fingerprint density at radius 2 is 1.68 bits per heavy atom. The molecule has 0 aliphatic carbocycles. The van der Waals surface area contributed by atoms with E-state index in [9.17, 15) is 9.90 Å². The summed E-state index contributed by atoms with van der Waals surface area (Å²) in [6.07, 6.45) is 4.94. The van der Waals surface area contributed by atoms with Gasteiger partial charge in [-0.15, -0.1) is 0 Å². The van der Waals surface area contributed by atoms with Crippen LogP contribution in [0.25, 0.3) is 0 Å². The van der Waals surface area contributed by atoms with Crippen LogP contribution in [-0.2, 0) is 0 Å². The molecule has 0 saturated carbocycles. The highest BCUT2D eigenvalue weighted by Crippen LogP contribution is 2.13. The molecule has 0 spiro atoms. The van der Waals surface area contributed by atoms with Gasteiger partial charge in [-0.1, -0.05) is 63.4 Å². The normalized spacial score (nSPS) is 12.6. The van der Waals surface area contributed by atoms with Gasteiger partial charge in [-0.2, -0.15) is 0 Å². The molecular weight excluding hydrogens is 236 g/mol. The topological polar surface area (TPSA) is 37.3 Å². The lowest BCUT2D eigenvalue weighted by Crippen LogP contribution is -2.10. The van der Waals surface area contributed by atoms with Gasteiger partial charge in [-0.05, 0) is 18.8 Å². The number of hydrogen-bond donors (Lipinski definition) is 1. The van der Waals surface area contributed by atoms with E-state index in [1.165, 1.54) is 12.8 Å². The van der Waals surface area contributed by atoms with Crippen LogP contribution in [0.4, 0.5) is 0 Å². The Morgan fingerprint density at radius 3 is 2.32 bits per heavy atom. The molecule has 2 nitrogen and oxygen atoms in total. The van der Waals surface area contributed by atoms with Gasteiger partial charge in [-0.25, -0.2) is 0 Å². The Hall–Kier alpha value is -1.15. The summed E-state index contributed by atoms with van der Waals surface area (Å²) in [7, 11) is 0. The van der Waals surface area contributed by atoms with Crippen molar-refractivity contribution in [1.29, 1.82) is 0 Å². The average molecular weight is 262 g/mol. The fraction of sp³-hybridized carbons (Fsp3) is 0.588. The van der Waals surface area contributed by atoms with Crippen molar-refractivity contribution in [2.24, 2.45) is 5.92 Å². The van der Waals surface area contributed by atoms with Gasteiger partial charge in [0.2, 0.25) is 0 Å². The molecule has 0 aliphatic rings. The van der Waals surface area contributed by atoms with Crippen molar-refractivity contribution in [3.63, 3.8) is 0 Å². The van der Waals surface area contributed by atoms with Crippen LogP contribution in [-0.4, -0.2) is 17.0 Å². The molecule has 19 heavy (non-hydrogen) atoms. The molecule has 0 saturated heterocycles. The number of benzene rings is 1. The fourth-order valence-corrected chi connectivity index (χ4v) is 2.14. The summed E-state index contributed by atoms with van der Waals surface area (Å²) in [5, 5.41) is 9.86. The molecule has 1 N–H and O–H groups in total. The van der Waals surface area contributed by atoms with Gasteiger partial charge in [0.1, 0.15) is 0 Å². The first-order valence-electron chi connectivity index (χ1n) is 7.36. The minimum absolute atomic E-state index is 0.127. The minimum atomic E-state index is -0.333. The van der Waals surface area contributed by atoms with Crippen LogP contribution in [0.3, 0.4) is 0 Å². The largest absolute Gasteiger partial charge is 0.393 e. The highest BCUT2D eigenvalue weighted by Gasteiger charge is 2.09. The number of rotatable bonds is 9. The second kappa shape index (κ2) is 8.87. The number of carbonyl (C=O) groups is 1. The molecule has 1 unspecified atom stereocenters. The molecule has 106 valence electrons. The average Bonchev–Trinajstić information content (AvgIpc) is 2.41. The van der Waals surface area contributed by atoms with Crippen molar-refractivity contribution >= 4 is 5.78 Å². The lowest BCUT2D eigenvalue weighted by atomic mass is 10.00. The molecule has 0 bridgehead atoms. The zero-order valence-electron chi connectivity index (χ0n) is 12.1. The molecule has 1 atom stereocenters. The van der Waals surface area contributed by atoms with Crippen molar-refractivity contribution in [3.05, 3.63) is 35.9 Å². The maximum absolute atomic E-state index is 11.9. The SMILES string of the molecule is CC(C)CCCCC(O)CCC(=O)c1ccccc1. The second-order valence-corrected chi connectivity index (χ2v) is 5.66. The number of unbranched alkanes of at least 4 members (excludes halogenated alkanes) is 1. The van der Waals surface area contributed by atoms with Crippen LogP contribution < -0.4 is 0 Å². The Kier molecular flexibility index (Phi) is 7.42. The molecule has 0 amide bonds. The van der Waals surface area contributed by atoms with Gasteiger partial charge in [0.05, 0.1) is 6.10 Å². The van der Waals surface area contributed by atoms with Gasteiger partial charge >= 0.3 is 0 Å². The molecule has 0 radical (unpaired) electrons. The first kappa shape index (κ1) is 15.9. The molecule has 0 heterocycles. The second-order valence-electron chi connectivity index (χ2n) is 5.66. The van der Waals surface area contributed by atoms with E-state index in [1.54, 1.807) is 0 Å². The van der Waals surface area contributed by atoms with Crippen molar-refractivity contribution < 1.29 is 9.90 Å². The lowest BCUT2D eigenvalue weighted by Gasteiger charge is -2.10. The van der Waals surface area contributed by atoms with Crippen molar-refractivity contribution in [2.75, 3.05) is 0 Å². The number of Topliss-reactive ketones (excluding diaryl/α,β-unsaturated/α-hetero) is 1. The quantitative estimate of drug-likeness (QED) is 0.534. The summed E-state index contributed by atoms with van der Waals surface area (Å²) >= 11 is 0. The minimum Gasteiger partial charge on any atom is -0.393 e. The Labute approximate surface area is 116 Å². The van der Waals surface area contributed by atoms with Gasteiger partial charge in [0.25, 0.3) is 0 Å². The Balaban J connectivity index is 2.16. The molecular formula is C17H26O2. The smallest absolute Gasteiger partial charge is 0.162 e. The van der Waals surface area contributed by atoms with Crippen LogP contribution in [0.5, 0.6) is 0 Å². The molecule has 1 rings (SSSR count). The first-order valence-corrected chi connectivity index (χ1v) is 7.36. The third-order valence-corrected chi connectivity index (χ3v) is 3.37. The number of aliphatic hydroxyl groups is 1. The molecule has 0 fully saturated rings. The lowest BCUT2D eigenvalue weighted by molar-refractivity contribution is 0.0931. The summed E-state index contributed by atoms with van der Waals surface area (Å²) in [6, 6.07) is 9.31. The zero-order chi connectivity index (χ0) is 14.1. The van der Waals surface area contributed by atoms with Gasteiger partial charge in [0.15, 0.2) is 5.78 Å². The third-order valence-electron chi connectivity index (χ3n) is 3.37. The van der Waals surface area contributed by atoms with Crippen LogP contribution in [0, 0.1) is 5.92 Å². The van der Waals surface area contributed by atoms with Gasteiger partial charge < -0.3 is 5.11 Å². The third kappa shape index (κ3) is 7.12. The molecule has 0 aliphatic heterocycles. The molecule has 1 aromatic carbocycles. The van der Waals surface area contributed by atoms with Gasteiger partial charge in [-0.3, -0.25) is 4.79 Å². The maximum atomic E-state index is 11.9. The fourth-order valence-electron chi connectivity index (χ4n) is 2.14. The van der Waals surface area contributed by atoms with Crippen molar-refractivity contribution in [2.45, 2.75) is 58.5 Å². The van der Waals surface area contributed by atoms with Crippen LogP contribution in [0.15, 0.2) is 30.3 Å². The van der Waals surface area contributed by atoms with E-state index < -0.39 is 0 Å². The number of hydrogen-bond acceptors (Lipinski definition) is 2. The molecule has 0 aromatic heterocycles. The highest BCUT2D eigenvalue weighted by atomic mass is 16.3. The molecule has 2 heteroatoms. The van der Waals surface area contributed by atoms with Crippen LogP contribution in [0.2, 0.25) is 0 Å². The van der Waals surface area contributed by atoms with Crippen LogP contribution >= 0.6 is 0 Å². The monoisotopic (exact) mass is 262 g/mol. The van der Waals surface area contributed by atoms with E-state index in [2.05, 4.69) is 13.8 Å². The predicted molar refractivity (Wildman–Crippen MR) is 79.3 cm³/mol. The zero-order valence-corrected chi connectivity index (χ0v) is 12.1. The maximum Gasteiger partial charge on any atom is 0.162 e. The van der Waals surface area contributed by atoms with E-state index in [0.717, 1.165) is 24.3 Å².